The van der Waals surface area contributed by atoms with Gasteiger partial charge in [0.15, 0.2) is 0 Å². The van der Waals surface area contributed by atoms with Gasteiger partial charge in [0.2, 0.25) is 5.91 Å². The second kappa shape index (κ2) is 8.70. The summed E-state index contributed by atoms with van der Waals surface area (Å²) in [5.74, 6) is 0.142. The van der Waals surface area contributed by atoms with Crippen molar-refractivity contribution in [3.63, 3.8) is 0 Å². The van der Waals surface area contributed by atoms with Crippen LogP contribution in [0.1, 0.15) is 31.2 Å². The highest BCUT2D eigenvalue weighted by atomic mass is 35.5. The normalized spacial score (nSPS) is 20.8. The molecule has 22 heavy (non-hydrogen) atoms. The van der Waals surface area contributed by atoms with Crippen molar-refractivity contribution >= 4 is 24.0 Å². The standard InChI is InChI=1S/C15H21N3O3.ClH/c16-10-12-6-1-3-7-13(12)17-15(19)9-11-5-2-4-8-14(11)18(20)21;/h2,4-5,8,12-13H,1,3,6-7,9-10,16H2,(H,17,19);1H. The molecule has 0 spiro atoms. The number of nitro benzene ring substituents is 1. The van der Waals surface area contributed by atoms with E-state index in [0.717, 1.165) is 25.7 Å². The minimum absolute atomic E-state index is 0. The van der Waals surface area contributed by atoms with Crippen LogP contribution < -0.4 is 11.1 Å². The summed E-state index contributed by atoms with van der Waals surface area (Å²) < 4.78 is 0. The van der Waals surface area contributed by atoms with E-state index in [9.17, 15) is 14.9 Å². The van der Waals surface area contributed by atoms with Gasteiger partial charge in [0, 0.05) is 17.7 Å². The number of nitrogens with two attached hydrogens (primary N) is 1. The molecule has 0 heterocycles. The molecule has 1 aromatic carbocycles. The van der Waals surface area contributed by atoms with E-state index in [-0.39, 0.29) is 36.5 Å². The van der Waals surface area contributed by atoms with Crippen molar-refractivity contribution in [2.45, 2.75) is 38.1 Å². The molecule has 2 atom stereocenters. The zero-order valence-corrected chi connectivity index (χ0v) is 13.2. The minimum atomic E-state index is -0.452. The van der Waals surface area contributed by atoms with Gasteiger partial charge in [0.05, 0.1) is 11.3 Å². The maximum Gasteiger partial charge on any atom is 0.273 e. The van der Waals surface area contributed by atoms with Crippen molar-refractivity contribution in [2.24, 2.45) is 11.7 Å². The van der Waals surface area contributed by atoms with Crippen molar-refractivity contribution in [2.75, 3.05) is 6.54 Å². The van der Waals surface area contributed by atoms with Crippen LogP contribution in [0.3, 0.4) is 0 Å². The van der Waals surface area contributed by atoms with Crippen LogP contribution in [0.5, 0.6) is 0 Å². The lowest BCUT2D eigenvalue weighted by atomic mass is 9.84. The fourth-order valence-electron chi connectivity index (χ4n) is 2.95. The number of para-hydroxylation sites is 1. The molecule has 122 valence electrons. The molecule has 2 rings (SSSR count). The zero-order valence-electron chi connectivity index (χ0n) is 12.4. The van der Waals surface area contributed by atoms with E-state index in [4.69, 9.17) is 5.73 Å². The largest absolute Gasteiger partial charge is 0.353 e. The van der Waals surface area contributed by atoms with E-state index in [1.807, 2.05) is 0 Å². The molecule has 1 aromatic rings. The number of nitrogens with zero attached hydrogens (tertiary/aromatic N) is 1. The summed E-state index contributed by atoms with van der Waals surface area (Å²) in [5, 5.41) is 13.9. The predicted octanol–water partition coefficient (Wildman–Crippen LogP) is 2.19. The molecule has 1 aliphatic carbocycles. The first-order valence-electron chi connectivity index (χ1n) is 7.33. The van der Waals surface area contributed by atoms with Gasteiger partial charge < -0.3 is 11.1 Å². The smallest absolute Gasteiger partial charge is 0.273 e. The lowest BCUT2D eigenvalue weighted by Gasteiger charge is -2.31. The van der Waals surface area contributed by atoms with Crippen molar-refractivity contribution < 1.29 is 9.72 Å². The summed E-state index contributed by atoms with van der Waals surface area (Å²) in [6, 6.07) is 6.45. The lowest BCUT2D eigenvalue weighted by molar-refractivity contribution is -0.385. The Morgan fingerprint density at radius 1 is 1.32 bits per heavy atom. The Labute approximate surface area is 136 Å². The average Bonchev–Trinajstić information content (AvgIpc) is 2.48. The molecule has 7 heteroatoms. The lowest BCUT2D eigenvalue weighted by Crippen LogP contribution is -2.45. The fraction of sp³-hybridized carbons (Fsp3) is 0.533. The maximum absolute atomic E-state index is 12.1. The Hall–Kier alpha value is -1.66. The highest BCUT2D eigenvalue weighted by Crippen LogP contribution is 2.24. The summed E-state index contributed by atoms with van der Waals surface area (Å²) >= 11 is 0. The second-order valence-corrected chi connectivity index (χ2v) is 5.52. The van der Waals surface area contributed by atoms with Crippen LogP contribution in [0.4, 0.5) is 5.69 Å². The Bertz CT molecular complexity index is 525. The van der Waals surface area contributed by atoms with Gasteiger partial charge in [-0.25, -0.2) is 0 Å². The maximum atomic E-state index is 12.1. The van der Waals surface area contributed by atoms with Gasteiger partial charge in [-0.3, -0.25) is 14.9 Å². The van der Waals surface area contributed by atoms with Gasteiger partial charge in [0.25, 0.3) is 5.69 Å². The molecular weight excluding hydrogens is 306 g/mol. The van der Waals surface area contributed by atoms with E-state index >= 15 is 0 Å². The molecule has 0 saturated heterocycles. The number of rotatable bonds is 5. The number of benzene rings is 1. The van der Waals surface area contributed by atoms with E-state index in [2.05, 4.69) is 5.32 Å². The molecule has 0 bridgehead atoms. The fourth-order valence-corrected chi connectivity index (χ4v) is 2.95. The Morgan fingerprint density at radius 2 is 2.00 bits per heavy atom. The van der Waals surface area contributed by atoms with Crippen LogP contribution in [0.15, 0.2) is 24.3 Å². The summed E-state index contributed by atoms with van der Waals surface area (Å²) in [4.78, 5) is 22.6. The Kier molecular flexibility index (Phi) is 7.27. The van der Waals surface area contributed by atoms with Gasteiger partial charge >= 0.3 is 0 Å². The molecule has 0 aliphatic heterocycles. The van der Waals surface area contributed by atoms with Crippen molar-refractivity contribution in [3.05, 3.63) is 39.9 Å². The molecule has 1 fully saturated rings. The summed E-state index contributed by atoms with van der Waals surface area (Å²) in [6.07, 6.45) is 4.24. The third-order valence-electron chi connectivity index (χ3n) is 4.10. The first-order valence-corrected chi connectivity index (χ1v) is 7.33. The Morgan fingerprint density at radius 3 is 2.68 bits per heavy atom. The molecular formula is C15H22ClN3O3. The summed E-state index contributed by atoms with van der Waals surface area (Å²) in [6.45, 7) is 0.566. The number of carbonyl (C=O) groups excluding carboxylic acids is 1. The van der Waals surface area contributed by atoms with E-state index in [1.54, 1.807) is 18.2 Å². The number of nitro groups is 1. The third kappa shape index (κ3) is 4.68. The van der Waals surface area contributed by atoms with E-state index < -0.39 is 4.92 Å². The predicted molar refractivity (Wildman–Crippen MR) is 87.0 cm³/mol. The highest BCUT2D eigenvalue weighted by Gasteiger charge is 2.26. The topological polar surface area (TPSA) is 98.3 Å². The average molecular weight is 328 g/mol. The van der Waals surface area contributed by atoms with Crippen LogP contribution in [0, 0.1) is 16.0 Å². The zero-order chi connectivity index (χ0) is 15.2. The number of nitrogens with one attached hydrogen (secondary N) is 1. The van der Waals surface area contributed by atoms with Crippen molar-refractivity contribution in [3.8, 4) is 0 Å². The van der Waals surface area contributed by atoms with Crippen LogP contribution in [-0.4, -0.2) is 23.4 Å². The molecule has 1 aliphatic rings. The van der Waals surface area contributed by atoms with Gasteiger partial charge in [-0.15, -0.1) is 12.4 Å². The molecule has 6 nitrogen and oxygen atoms in total. The van der Waals surface area contributed by atoms with Crippen LogP contribution >= 0.6 is 12.4 Å². The van der Waals surface area contributed by atoms with Crippen LogP contribution in [0.2, 0.25) is 0 Å². The van der Waals surface area contributed by atoms with Crippen molar-refractivity contribution in [1.82, 2.24) is 5.32 Å². The number of amides is 1. The molecule has 1 amide bonds. The van der Waals surface area contributed by atoms with Gasteiger partial charge in [-0.05, 0) is 25.3 Å². The molecule has 0 aromatic heterocycles. The third-order valence-corrected chi connectivity index (χ3v) is 4.10. The van der Waals surface area contributed by atoms with Crippen molar-refractivity contribution in [1.29, 1.82) is 0 Å². The van der Waals surface area contributed by atoms with Crippen LogP contribution in [-0.2, 0) is 11.2 Å². The number of hydrogen-bond donors (Lipinski definition) is 2. The first-order chi connectivity index (χ1) is 10.1. The Balaban J connectivity index is 0.00000242. The van der Waals surface area contributed by atoms with Gasteiger partial charge in [-0.1, -0.05) is 31.0 Å². The minimum Gasteiger partial charge on any atom is -0.353 e. The van der Waals surface area contributed by atoms with Crippen LogP contribution in [0.25, 0.3) is 0 Å². The second-order valence-electron chi connectivity index (χ2n) is 5.52. The van der Waals surface area contributed by atoms with E-state index in [0.29, 0.717) is 18.0 Å². The first kappa shape index (κ1) is 18.4. The van der Waals surface area contributed by atoms with Gasteiger partial charge in [-0.2, -0.15) is 0 Å². The quantitative estimate of drug-likeness (QED) is 0.639. The number of carbonyl (C=O) groups is 1. The molecule has 0 radical (unpaired) electrons. The van der Waals surface area contributed by atoms with E-state index in [1.165, 1.54) is 6.07 Å². The summed E-state index contributed by atoms with van der Waals surface area (Å²) in [7, 11) is 0. The molecule has 1 saturated carbocycles. The number of hydrogen-bond acceptors (Lipinski definition) is 4. The SMILES string of the molecule is Cl.NCC1CCCCC1NC(=O)Cc1ccccc1[N+](=O)[O-]. The number of halogens is 1. The van der Waals surface area contributed by atoms with Gasteiger partial charge in [0.1, 0.15) is 0 Å². The summed E-state index contributed by atoms with van der Waals surface area (Å²) in [5.41, 5.74) is 6.18. The molecule has 2 unspecified atom stereocenters. The monoisotopic (exact) mass is 327 g/mol. The highest BCUT2D eigenvalue weighted by molar-refractivity contribution is 5.85. The molecule has 3 N–H and O–H groups in total.